The Morgan fingerprint density at radius 3 is 2.81 bits per heavy atom. The summed E-state index contributed by atoms with van der Waals surface area (Å²) in [5, 5.41) is 3.43. The first-order valence-electron chi connectivity index (χ1n) is 5.48. The van der Waals surface area contributed by atoms with Crippen LogP contribution in [0.3, 0.4) is 0 Å². The minimum atomic E-state index is -0.894. The molecule has 0 fully saturated rings. The molecule has 0 saturated heterocycles. The number of benzene rings is 1. The van der Waals surface area contributed by atoms with Gasteiger partial charge >= 0.3 is 0 Å². The maximum absolute atomic E-state index is 12.2. The van der Waals surface area contributed by atoms with Crippen LogP contribution in [0.4, 0.5) is 0 Å². The summed E-state index contributed by atoms with van der Waals surface area (Å²) < 4.78 is 17.4. The Labute approximate surface area is 98.7 Å². The van der Waals surface area contributed by atoms with E-state index in [1.165, 1.54) is 0 Å². The predicted molar refractivity (Wildman–Crippen MR) is 65.3 cm³/mol. The number of ether oxygens (including phenoxy) is 1. The van der Waals surface area contributed by atoms with Crippen molar-refractivity contribution in [3.05, 3.63) is 23.8 Å². The van der Waals surface area contributed by atoms with Crippen LogP contribution in [-0.4, -0.2) is 23.6 Å². The highest BCUT2D eigenvalue weighted by Gasteiger charge is 2.36. The molecule has 0 spiro atoms. The van der Waals surface area contributed by atoms with Crippen LogP contribution in [0.5, 0.6) is 5.75 Å². The average Bonchev–Trinajstić information content (AvgIpc) is 2.60. The van der Waals surface area contributed by atoms with Gasteiger partial charge in [-0.05, 0) is 37.2 Å². The zero-order valence-corrected chi connectivity index (χ0v) is 10.6. The van der Waals surface area contributed by atoms with Crippen molar-refractivity contribution >= 4 is 10.8 Å². The highest BCUT2D eigenvalue weighted by Crippen LogP contribution is 2.39. The number of rotatable bonds is 3. The van der Waals surface area contributed by atoms with Crippen LogP contribution in [0.2, 0.25) is 0 Å². The molecule has 1 aromatic carbocycles. The van der Waals surface area contributed by atoms with Gasteiger partial charge in [-0.3, -0.25) is 4.21 Å². The molecule has 3 atom stereocenters. The van der Waals surface area contributed by atoms with E-state index in [4.69, 9.17) is 4.74 Å². The van der Waals surface area contributed by atoms with Crippen LogP contribution in [0, 0.1) is 0 Å². The summed E-state index contributed by atoms with van der Waals surface area (Å²) in [6.45, 7) is 2.08. The molecular formula is C12H17NO2S. The molecule has 16 heavy (non-hydrogen) atoms. The third-order valence-corrected chi connectivity index (χ3v) is 5.09. The molecule has 88 valence electrons. The van der Waals surface area contributed by atoms with Gasteiger partial charge in [-0.15, -0.1) is 0 Å². The van der Waals surface area contributed by atoms with Crippen molar-refractivity contribution < 1.29 is 8.95 Å². The minimum absolute atomic E-state index is 0.173. The molecule has 0 bridgehead atoms. The zero-order chi connectivity index (χ0) is 11.7. The van der Waals surface area contributed by atoms with Gasteiger partial charge < -0.3 is 10.1 Å². The van der Waals surface area contributed by atoms with E-state index >= 15 is 0 Å². The SMILES string of the molecule is CCC1C(NC)c2cc(OC)ccc2S1=O. The second-order valence-electron chi connectivity index (χ2n) is 3.91. The molecule has 0 saturated carbocycles. The molecule has 1 aliphatic heterocycles. The normalized spacial score (nSPS) is 27.8. The van der Waals surface area contributed by atoms with Gasteiger partial charge in [0, 0.05) is 10.9 Å². The second kappa shape index (κ2) is 4.55. The third kappa shape index (κ3) is 1.66. The van der Waals surface area contributed by atoms with Crippen molar-refractivity contribution in [2.75, 3.05) is 14.2 Å². The van der Waals surface area contributed by atoms with E-state index in [1.54, 1.807) is 7.11 Å². The van der Waals surface area contributed by atoms with E-state index in [9.17, 15) is 4.21 Å². The molecule has 1 aromatic rings. The van der Waals surface area contributed by atoms with E-state index in [0.29, 0.717) is 0 Å². The molecule has 0 amide bonds. The van der Waals surface area contributed by atoms with Crippen LogP contribution in [-0.2, 0) is 10.8 Å². The summed E-state index contributed by atoms with van der Waals surface area (Å²) in [7, 11) is 2.67. The fraction of sp³-hybridized carbons (Fsp3) is 0.500. The standard InChI is InChI=1S/C12H17NO2S/c1-4-10-12(13-2)9-7-8(15-3)5-6-11(9)16(10)14/h5-7,10,12-13H,4H2,1-3H3. The molecule has 1 heterocycles. The van der Waals surface area contributed by atoms with Crippen LogP contribution in [0.25, 0.3) is 0 Å². The van der Waals surface area contributed by atoms with E-state index in [-0.39, 0.29) is 11.3 Å². The second-order valence-corrected chi connectivity index (χ2v) is 5.55. The van der Waals surface area contributed by atoms with Crippen molar-refractivity contribution in [2.45, 2.75) is 29.5 Å². The molecule has 3 nitrogen and oxygen atoms in total. The van der Waals surface area contributed by atoms with E-state index in [0.717, 1.165) is 22.6 Å². The Morgan fingerprint density at radius 1 is 1.50 bits per heavy atom. The van der Waals surface area contributed by atoms with Crippen LogP contribution in [0.15, 0.2) is 23.1 Å². The number of nitrogens with one attached hydrogen (secondary N) is 1. The zero-order valence-electron chi connectivity index (χ0n) is 9.82. The Balaban J connectivity index is 2.48. The van der Waals surface area contributed by atoms with Gasteiger partial charge in [-0.1, -0.05) is 6.92 Å². The maximum atomic E-state index is 12.2. The summed E-state index contributed by atoms with van der Waals surface area (Å²) >= 11 is 0. The lowest BCUT2D eigenvalue weighted by Crippen LogP contribution is -2.26. The quantitative estimate of drug-likeness (QED) is 0.875. The largest absolute Gasteiger partial charge is 0.497 e. The van der Waals surface area contributed by atoms with Crippen molar-refractivity contribution in [2.24, 2.45) is 0 Å². The molecule has 1 aliphatic rings. The summed E-state index contributed by atoms with van der Waals surface area (Å²) in [5.74, 6) is 0.827. The lowest BCUT2D eigenvalue weighted by atomic mass is 10.0. The lowest BCUT2D eigenvalue weighted by molar-refractivity contribution is 0.412. The van der Waals surface area contributed by atoms with Crippen molar-refractivity contribution in [1.29, 1.82) is 0 Å². The molecule has 3 unspecified atom stereocenters. The summed E-state index contributed by atoms with van der Waals surface area (Å²) in [6.07, 6.45) is 0.912. The average molecular weight is 239 g/mol. The highest BCUT2D eigenvalue weighted by atomic mass is 32.2. The number of fused-ring (bicyclic) bond motifs is 1. The number of hydrogen-bond acceptors (Lipinski definition) is 3. The Hall–Kier alpha value is -0.870. The fourth-order valence-electron chi connectivity index (χ4n) is 2.30. The molecule has 1 N–H and O–H groups in total. The van der Waals surface area contributed by atoms with Crippen LogP contribution >= 0.6 is 0 Å². The lowest BCUT2D eigenvalue weighted by Gasteiger charge is -2.16. The van der Waals surface area contributed by atoms with Crippen LogP contribution in [0.1, 0.15) is 24.9 Å². The fourth-order valence-corrected chi connectivity index (χ4v) is 4.07. The van der Waals surface area contributed by atoms with Gasteiger partial charge in [-0.25, -0.2) is 0 Å². The van der Waals surface area contributed by atoms with E-state index in [1.807, 2.05) is 25.2 Å². The molecule has 0 radical (unpaired) electrons. The van der Waals surface area contributed by atoms with Crippen LogP contribution < -0.4 is 10.1 Å². The van der Waals surface area contributed by atoms with Gasteiger partial charge in [0.2, 0.25) is 0 Å². The van der Waals surface area contributed by atoms with Crippen molar-refractivity contribution in [1.82, 2.24) is 5.32 Å². The van der Waals surface area contributed by atoms with Gasteiger partial charge in [-0.2, -0.15) is 0 Å². The first-order chi connectivity index (χ1) is 7.72. The van der Waals surface area contributed by atoms with Crippen molar-refractivity contribution in [3.8, 4) is 5.75 Å². The third-order valence-electron chi connectivity index (χ3n) is 3.13. The van der Waals surface area contributed by atoms with E-state index in [2.05, 4.69) is 12.2 Å². The van der Waals surface area contributed by atoms with Gasteiger partial charge in [0.25, 0.3) is 0 Å². The number of hydrogen-bond donors (Lipinski definition) is 1. The predicted octanol–water partition coefficient (Wildman–Crippen LogP) is 1.86. The number of methoxy groups -OCH3 is 1. The molecular weight excluding hydrogens is 222 g/mol. The smallest absolute Gasteiger partial charge is 0.119 e. The Morgan fingerprint density at radius 2 is 2.25 bits per heavy atom. The Bertz CT molecular complexity index is 419. The summed E-state index contributed by atoms with van der Waals surface area (Å²) in [5.41, 5.74) is 1.12. The van der Waals surface area contributed by atoms with Crippen molar-refractivity contribution in [3.63, 3.8) is 0 Å². The molecule has 0 aromatic heterocycles. The molecule has 4 heteroatoms. The first-order valence-corrected chi connectivity index (χ1v) is 6.70. The summed E-state index contributed by atoms with van der Waals surface area (Å²) in [6, 6.07) is 5.96. The monoisotopic (exact) mass is 239 g/mol. The van der Waals surface area contributed by atoms with Gasteiger partial charge in [0.15, 0.2) is 0 Å². The molecule has 0 aliphatic carbocycles. The van der Waals surface area contributed by atoms with Gasteiger partial charge in [0.05, 0.1) is 23.2 Å². The maximum Gasteiger partial charge on any atom is 0.119 e. The highest BCUT2D eigenvalue weighted by molar-refractivity contribution is 7.86. The summed E-state index contributed by atoms with van der Waals surface area (Å²) in [4.78, 5) is 0.951. The minimum Gasteiger partial charge on any atom is -0.497 e. The molecule has 2 rings (SSSR count). The van der Waals surface area contributed by atoms with Gasteiger partial charge in [0.1, 0.15) is 5.75 Å². The first kappa shape index (κ1) is 11.6. The van der Waals surface area contributed by atoms with E-state index < -0.39 is 10.8 Å². The topological polar surface area (TPSA) is 38.3 Å². The Kier molecular flexibility index (Phi) is 3.30.